The van der Waals surface area contributed by atoms with Crippen molar-refractivity contribution in [2.24, 2.45) is 10.8 Å². The predicted molar refractivity (Wildman–Crippen MR) is 67.2 cm³/mol. The summed E-state index contributed by atoms with van der Waals surface area (Å²) in [6, 6.07) is 5.62. The lowest BCUT2D eigenvalue weighted by atomic mass is 10.1. The van der Waals surface area contributed by atoms with Gasteiger partial charge in [0.1, 0.15) is 0 Å². The summed E-state index contributed by atoms with van der Waals surface area (Å²) in [5, 5.41) is 14.2. The second-order valence-electron chi connectivity index (χ2n) is 3.75. The molecule has 0 aliphatic rings. The van der Waals surface area contributed by atoms with Crippen LogP contribution in [0.5, 0.6) is 0 Å². The quantitative estimate of drug-likeness (QED) is 0.470. The Hall–Kier alpha value is -2.44. The molecule has 18 heavy (non-hydrogen) atoms. The number of carbonyl (C=O) groups is 1. The highest BCUT2D eigenvalue weighted by molar-refractivity contribution is 5.83. The summed E-state index contributed by atoms with van der Waals surface area (Å²) in [5.74, 6) is 0. The molecule has 0 saturated heterocycles. The summed E-state index contributed by atoms with van der Waals surface area (Å²) in [6.07, 6.45) is 1.33. The van der Waals surface area contributed by atoms with Crippen molar-refractivity contribution in [3.05, 3.63) is 39.9 Å². The van der Waals surface area contributed by atoms with Gasteiger partial charge < -0.3 is 5.73 Å². The van der Waals surface area contributed by atoms with Crippen LogP contribution < -0.4 is 11.2 Å². The van der Waals surface area contributed by atoms with Gasteiger partial charge in [-0.3, -0.25) is 10.1 Å². The van der Waals surface area contributed by atoms with Crippen molar-refractivity contribution in [1.29, 1.82) is 0 Å². The third kappa shape index (κ3) is 4.60. The molecule has 7 nitrogen and oxygen atoms in total. The smallest absolute Gasteiger partial charge is 0.332 e. The molecule has 0 aliphatic heterocycles. The van der Waals surface area contributed by atoms with Crippen molar-refractivity contribution >= 4 is 17.4 Å². The number of amides is 2. The first kappa shape index (κ1) is 13.6. The van der Waals surface area contributed by atoms with Gasteiger partial charge >= 0.3 is 6.03 Å². The molecule has 96 valence electrons. The van der Waals surface area contributed by atoms with Crippen LogP contribution in [-0.4, -0.2) is 16.7 Å². The number of urea groups is 1. The number of hydrogen-bond donors (Lipinski definition) is 2. The minimum Gasteiger partial charge on any atom is -0.350 e. The van der Waals surface area contributed by atoms with Gasteiger partial charge in [0.05, 0.1) is 4.92 Å². The minimum atomic E-state index is -0.704. The van der Waals surface area contributed by atoms with Crippen LogP contribution in [0.2, 0.25) is 0 Å². The van der Waals surface area contributed by atoms with Crippen molar-refractivity contribution in [2.75, 3.05) is 0 Å². The molecule has 1 aromatic rings. The third-order valence-electron chi connectivity index (χ3n) is 2.28. The summed E-state index contributed by atoms with van der Waals surface area (Å²) in [7, 11) is 0. The number of primary amides is 1. The van der Waals surface area contributed by atoms with Gasteiger partial charge in [0.25, 0.3) is 5.69 Å². The van der Waals surface area contributed by atoms with Crippen LogP contribution in [0.15, 0.2) is 29.4 Å². The molecule has 0 spiro atoms. The van der Waals surface area contributed by atoms with Crippen LogP contribution in [0, 0.1) is 10.1 Å². The molecule has 3 N–H and O–H groups in total. The van der Waals surface area contributed by atoms with E-state index in [-0.39, 0.29) is 5.69 Å². The van der Waals surface area contributed by atoms with Gasteiger partial charge in [-0.25, -0.2) is 10.2 Å². The lowest BCUT2D eigenvalue weighted by Gasteiger charge is -2.01. The van der Waals surface area contributed by atoms with E-state index >= 15 is 0 Å². The van der Waals surface area contributed by atoms with Crippen LogP contribution in [0.25, 0.3) is 0 Å². The molecule has 0 saturated carbocycles. The zero-order valence-corrected chi connectivity index (χ0v) is 9.92. The number of benzene rings is 1. The third-order valence-corrected chi connectivity index (χ3v) is 2.28. The molecule has 1 aromatic carbocycles. The lowest BCUT2D eigenvalue weighted by Crippen LogP contribution is -2.25. The minimum absolute atomic E-state index is 0.0690. The molecule has 7 heteroatoms. The van der Waals surface area contributed by atoms with Crippen molar-refractivity contribution in [3.8, 4) is 0 Å². The molecule has 0 aliphatic carbocycles. The van der Waals surface area contributed by atoms with Gasteiger partial charge in [-0.2, -0.15) is 5.10 Å². The highest BCUT2D eigenvalue weighted by Gasteiger charge is 2.04. The Bertz CT molecular complexity index is 468. The molecule has 1 rings (SSSR count). The van der Waals surface area contributed by atoms with Crippen LogP contribution in [0.4, 0.5) is 10.5 Å². The van der Waals surface area contributed by atoms with E-state index in [9.17, 15) is 14.9 Å². The number of carbonyl (C=O) groups excluding carboxylic acids is 1. The maximum atomic E-state index is 10.5. The molecule has 0 aromatic heterocycles. The Morgan fingerprint density at radius 3 is 2.56 bits per heavy atom. The monoisotopic (exact) mass is 250 g/mol. The molecule has 0 unspecified atom stereocenters. The number of nitrogens with one attached hydrogen (secondary N) is 1. The molecule has 0 radical (unpaired) electrons. The number of non-ortho nitro benzene ring substituents is 1. The maximum Gasteiger partial charge on any atom is 0.332 e. The van der Waals surface area contributed by atoms with Crippen LogP contribution in [-0.2, 0) is 6.42 Å². The Kier molecular flexibility index (Phi) is 4.79. The Labute approximate surface area is 104 Å². The molecule has 2 amide bonds. The van der Waals surface area contributed by atoms with E-state index in [0.717, 1.165) is 11.3 Å². The summed E-state index contributed by atoms with van der Waals surface area (Å²) in [6.45, 7) is 1.77. The fourth-order valence-electron chi connectivity index (χ4n) is 1.32. The van der Waals surface area contributed by atoms with E-state index in [1.54, 1.807) is 19.1 Å². The molecular formula is C11H14N4O3. The van der Waals surface area contributed by atoms with Crippen LogP contribution in [0.3, 0.4) is 0 Å². The number of hydrogen-bond acceptors (Lipinski definition) is 4. The topological polar surface area (TPSA) is 111 Å². The second kappa shape index (κ2) is 6.33. The number of nitrogens with two attached hydrogens (primary N) is 1. The average Bonchev–Trinajstić information content (AvgIpc) is 2.34. The number of nitro groups is 1. The molecule has 0 bridgehead atoms. The number of hydrazone groups is 1. The Morgan fingerprint density at radius 2 is 2.06 bits per heavy atom. The fraction of sp³-hybridized carbons (Fsp3) is 0.273. The van der Waals surface area contributed by atoms with Gasteiger partial charge in [-0.15, -0.1) is 0 Å². The summed E-state index contributed by atoms with van der Waals surface area (Å²) < 4.78 is 0. The normalized spacial score (nSPS) is 11.1. The van der Waals surface area contributed by atoms with E-state index in [1.807, 2.05) is 0 Å². The molecular weight excluding hydrogens is 236 g/mol. The van der Waals surface area contributed by atoms with Gasteiger partial charge in [-0.1, -0.05) is 12.1 Å². The number of nitro benzene ring substituents is 1. The molecule has 0 heterocycles. The first-order chi connectivity index (χ1) is 8.49. The Morgan fingerprint density at radius 1 is 1.44 bits per heavy atom. The molecule has 0 atom stereocenters. The number of nitrogens with zero attached hydrogens (tertiary/aromatic N) is 2. The maximum absolute atomic E-state index is 10.5. The van der Waals surface area contributed by atoms with Crippen molar-refractivity contribution in [1.82, 2.24) is 5.43 Å². The highest BCUT2D eigenvalue weighted by atomic mass is 16.6. The van der Waals surface area contributed by atoms with E-state index in [4.69, 9.17) is 5.73 Å². The number of rotatable bonds is 5. The van der Waals surface area contributed by atoms with Gasteiger partial charge in [0, 0.05) is 17.8 Å². The van der Waals surface area contributed by atoms with E-state index in [2.05, 4.69) is 10.5 Å². The largest absolute Gasteiger partial charge is 0.350 e. The van der Waals surface area contributed by atoms with Crippen molar-refractivity contribution in [3.63, 3.8) is 0 Å². The second-order valence-corrected chi connectivity index (χ2v) is 3.75. The SMILES string of the molecule is C/C(CCc1ccc([N+](=O)[O-])cc1)=N/NC(N)=O. The van der Waals surface area contributed by atoms with Crippen molar-refractivity contribution in [2.45, 2.75) is 19.8 Å². The van der Waals surface area contributed by atoms with Crippen LogP contribution >= 0.6 is 0 Å². The number of aryl methyl sites for hydroxylation is 1. The van der Waals surface area contributed by atoms with Crippen LogP contribution in [0.1, 0.15) is 18.9 Å². The average molecular weight is 250 g/mol. The first-order valence-corrected chi connectivity index (χ1v) is 5.31. The zero-order valence-electron chi connectivity index (χ0n) is 9.92. The lowest BCUT2D eigenvalue weighted by molar-refractivity contribution is -0.384. The van der Waals surface area contributed by atoms with E-state index in [1.165, 1.54) is 12.1 Å². The predicted octanol–water partition coefficient (Wildman–Crippen LogP) is 1.57. The fourth-order valence-corrected chi connectivity index (χ4v) is 1.32. The van der Waals surface area contributed by atoms with Gasteiger partial charge in [0.15, 0.2) is 0 Å². The standard InChI is InChI=1S/C11H14N4O3/c1-8(13-14-11(12)16)2-3-9-4-6-10(7-5-9)15(17)18/h4-7H,2-3H2,1H3,(H3,12,14,16)/b13-8-. The summed E-state index contributed by atoms with van der Waals surface area (Å²) in [4.78, 5) is 20.4. The van der Waals surface area contributed by atoms with Crippen molar-refractivity contribution < 1.29 is 9.72 Å². The van der Waals surface area contributed by atoms with E-state index in [0.29, 0.717) is 12.8 Å². The zero-order chi connectivity index (χ0) is 13.5. The Balaban J connectivity index is 2.51. The first-order valence-electron chi connectivity index (χ1n) is 5.31. The molecule has 0 fully saturated rings. The van der Waals surface area contributed by atoms with Gasteiger partial charge in [0.2, 0.25) is 0 Å². The summed E-state index contributed by atoms with van der Waals surface area (Å²) in [5.41, 5.74) is 8.78. The van der Waals surface area contributed by atoms with Gasteiger partial charge in [-0.05, 0) is 25.3 Å². The van der Waals surface area contributed by atoms with E-state index < -0.39 is 11.0 Å². The highest BCUT2D eigenvalue weighted by Crippen LogP contribution is 2.13. The summed E-state index contributed by atoms with van der Waals surface area (Å²) >= 11 is 0.